The van der Waals surface area contributed by atoms with Gasteiger partial charge in [0.15, 0.2) is 0 Å². The van der Waals surface area contributed by atoms with Crippen LogP contribution in [0, 0.1) is 5.92 Å². The average molecular weight is 782 g/mol. The first-order chi connectivity index (χ1) is 25.2. The van der Waals surface area contributed by atoms with E-state index in [0.29, 0.717) is 25.0 Å². The maximum Gasteiger partial charge on any atom is 0.501 e. The van der Waals surface area contributed by atoms with Gasteiger partial charge in [0.05, 0.1) is 22.8 Å². The van der Waals surface area contributed by atoms with E-state index in [1.54, 1.807) is 0 Å². The summed E-state index contributed by atoms with van der Waals surface area (Å²) < 4.78 is 69.8. The summed E-state index contributed by atoms with van der Waals surface area (Å²) in [4.78, 5) is 71.7. The van der Waals surface area contributed by atoms with E-state index in [-0.39, 0.29) is 68.3 Å². The zero-order valence-electron chi connectivity index (χ0n) is 29.7. The highest BCUT2D eigenvalue weighted by molar-refractivity contribution is 7.92. The summed E-state index contributed by atoms with van der Waals surface area (Å²) in [7, 11) is -5.69. The molecule has 3 fully saturated rings. The van der Waals surface area contributed by atoms with E-state index in [4.69, 9.17) is 10.5 Å². The van der Waals surface area contributed by atoms with E-state index in [2.05, 4.69) is 20.6 Å². The minimum atomic E-state index is -5.69. The number of hydrogen-bond donors (Lipinski definition) is 3. The molecule has 3 aliphatic rings. The predicted molar refractivity (Wildman–Crippen MR) is 182 cm³/mol. The molecule has 0 unspecified atom stereocenters. The molecule has 2 aliphatic heterocycles. The minimum absolute atomic E-state index is 0.0142. The number of ketones is 1. The van der Waals surface area contributed by atoms with Gasteiger partial charge in [0.2, 0.25) is 11.7 Å². The van der Waals surface area contributed by atoms with Crippen molar-refractivity contribution in [2.75, 3.05) is 19.8 Å². The molecule has 20 heteroatoms. The highest BCUT2D eigenvalue weighted by Gasteiger charge is 2.49. The Labute approximate surface area is 308 Å². The van der Waals surface area contributed by atoms with E-state index < -0.39 is 72.9 Å². The number of likely N-dealkylation sites (tertiary alicyclic amines) is 1. The van der Waals surface area contributed by atoms with E-state index in [0.717, 1.165) is 31.4 Å². The van der Waals surface area contributed by atoms with Crippen molar-refractivity contribution in [3.05, 3.63) is 41.7 Å². The number of nitrogens with zero attached hydrogens (tertiary/aromatic N) is 5. The van der Waals surface area contributed by atoms with Gasteiger partial charge in [-0.3, -0.25) is 24.0 Å². The largest absolute Gasteiger partial charge is 0.501 e. The number of amides is 4. The Kier molecular flexibility index (Phi) is 11.8. The van der Waals surface area contributed by atoms with Crippen LogP contribution in [0.4, 0.5) is 13.2 Å². The molecule has 1 aliphatic carbocycles. The van der Waals surface area contributed by atoms with Crippen LogP contribution < -0.4 is 11.1 Å². The second-order valence-electron chi connectivity index (χ2n) is 14.4. The number of benzene rings is 1. The zero-order valence-corrected chi connectivity index (χ0v) is 30.5. The lowest BCUT2D eigenvalue weighted by molar-refractivity contribution is -0.146. The lowest BCUT2D eigenvalue weighted by Gasteiger charge is -2.37. The maximum absolute atomic E-state index is 14.6. The molecule has 5 rings (SSSR count). The molecule has 4 amide bonds. The van der Waals surface area contributed by atoms with Gasteiger partial charge in [-0.2, -0.15) is 13.2 Å². The molecule has 0 radical (unpaired) electrons. The number of ether oxygens (including phenoxy) is 1. The molecule has 16 nitrogen and oxygen atoms in total. The average Bonchev–Trinajstić information content (AvgIpc) is 3.80. The van der Waals surface area contributed by atoms with Crippen LogP contribution in [0.15, 0.2) is 40.4 Å². The Morgan fingerprint density at radius 3 is 2.26 bits per heavy atom. The number of carbonyl (C=O) groups is 5. The highest BCUT2D eigenvalue weighted by Crippen LogP contribution is 2.34. The van der Waals surface area contributed by atoms with Gasteiger partial charge in [-0.1, -0.05) is 37.3 Å². The number of alkyl halides is 3. The van der Waals surface area contributed by atoms with Crippen molar-refractivity contribution < 1.29 is 55.4 Å². The molecule has 2 atom stereocenters. The maximum atomic E-state index is 14.6. The van der Waals surface area contributed by atoms with Gasteiger partial charge < -0.3 is 25.8 Å². The van der Waals surface area contributed by atoms with Gasteiger partial charge in [0.25, 0.3) is 27.6 Å². The van der Waals surface area contributed by atoms with Crippen LogP contribution in [-0.4, -0.2) is 105 Å². The van der Waals surface area contributed by atoms with Crippen LogP contribution in [0.3, 0.4) is 0 Å². The fourth-order valence-corrected chi connectivity index (χ4v) is 7.97. The van der Waals surface area contributed by atoms with Crippen molar-refractivity contribution >= 4 is 45.0 Å². The molecule has 0 bridgehead atoms. The molecule has 3 heterocycles. The van der Waals surface area contributed by atoms with Gasteiger partial charge in [-0.05, 0) is 50.5 Å². The Hall–Kier alpha value is -4.56. The molecule has 54 heavy (non-hydrogen) atoms. The third-order valence-electron chi connectivity index (χ3n) is 10.2. The SMILES string of the molecule is CC(C)(O)c1cnnn1[C@H]1C[C@@H](C(=O)NC2(C(=O)C(N)=O)CCOCC2)N(C(=O)C(CC2CCCCC2)=NC(=O)c2ccc(S(=O)(=O)C(F)(F)F)cc2)C1. The molecular formula is C34H42F3N7O9S. The smallest absolute Gasteiger partial charge is 0.384 e. The van der Waals surface area contributed by atoms with Gasteiger partial charge in [0, 0.05) is 44.6 Å². The molecule has 0 spiro atoms. The number of sulfone groups is 1. The number of nitrogens with one attached hydrogen (secondary N) is 1. The number of rotatable bonds is 11. The van der Waals surface area contributed by atoms with Crippen LogP contribution in [-0.2, 0) is 39.4 Å². The first-order valence-electron chi connectivity index (χ1n) is 17.5. The van der Waals surface area contributed by atoms with Crippen LogP contribution in [0.5, 0.6) is 0 Å². The first-order valence-corrected chi connectivity index (χ1v) is 18.9. The predicted octanol–water partition coefficient (Wildman–Crippen LogP) is 1.91. The number of primary amides is 1. The standard InChI is InChI=1S/C34H42F3N7O9S/c1-32(2,50)26-18-39-42-44(26)22-17-25(30(48)41-33(27(45)28(38)46)12-14-53-15-13-33)43(19-22)31(49)24(16-20-6-4-3-5-7-20)40-29(47)21-8-10-23(11-9-21)54(51,52)34(35,36)37/h8-11,18,20,22,25,50H,3-7,12-17,19H2,1-2H3,(H2,38,46)(H,41,48)/t22-,25-/m0/s1. The molecule has 294 valence electrons. The van der Waals surface area contributed by atoms with Crippen molar-refractivity contribution in [3.63, 3.8) is 0 Å². The number of Topliss-reactive ketones (excluding diaryl/α,β-unsaturated/α-hetero) is 1. The van der Waals surface area contributed by atoms with Gasteiger partial charge in [0.1, 0.15) is 22.9 Å². The van der Waals surface area contributed by atoms with Crippen LogP contribution in [0.2, 0.25) is 0 Å². The third kappa shape index (κ3) is 8.54. The number of nitrogens with two attached hydrogens (primary N) is 1. The van der Waals surface area contributed by atoms with Gasteiger partial charge in [-0.25, -0.2) is 18.1 Å². The van der Waals surface area contributed by atoms with Crippen LogP contribution >= 0.6 is 0 Å². The van der Waals surface area contributed by atoms with Crippen molar-refractivity contribution in [2.24, 2.45) is 16.6 Å². The number of carbonyl (C=O) groups excluding carboxylic acids is 5. The summed E-state index contributed by atoms with van der Waals surface area (Å²) in [5.41, 5.74) is -3.61. The van der Waals surface area contributed by atoms with Crippen LogP contribution in [0.25, 0.3) is 0 Å². The molecule has 2 saturated heterocycles. The molecule has 1 saturated carbocycles. The number of aliphatic imine (C=N–C) groups is 1. The monoisotopic (exact) mass is 781 g/mol. The highest BCUT2D eigenvalue weighted by atomic mass is 32.2. The molecular weight excluding hydrogens is 739 g/mol. The third-order valence-corrected chi connectivity index (χ3v) is 11.7. The number of hydrogen-bond acceptors (Lipinski definition) is 11. The van der Waals surface area contributed by atoms with E-state index >= 15 is 0 Å². The summed E-state index contributed by atoms with van der Waals surface area (Å²) in [6, 6.07) is 0.901. The quantitative estimate of drug-likeness (QED) is 0.220. The minimum Gasteiger partial charge on any atom is -0.384 e. The Morgan fingerprint density at radius 1 is 1.06 bits per heavy atom. The fourth-order valence-electron chi connectivity index (χ4n) is 7.21. The summed E-state index contributed by atoms with van der Waals surface area (Å²) in [5.74, 6) is -5.04. The summed E-state index contributed by atoms with van der Waals surface area (Å²) in [5, 5.41) is 21.5. The van der Waals surface area contributed by atoms with E-state index in [1.165, 1.54) is 29.6 Å². The summed E-state index contributed by atoms with van der Waals surface area (Å²) in [6.07, 6.45) is 5.23. The van der Waals surface area contributed by atoms with Gasteiger partial charge in [-0.15, -0.1) is 5.10 Å². The molecule has 4 N–H and O–H groups in total. The molecule has 1 aromatic heterocycles. The van der Waals surface area contributed by atoms with Gasteiger partial charge >= 0.3 is 5.51 Å². The topological polar surface area (TPSA) is 233 Å². The summed E-state index contributed by atoms with van der Waals surface area (Å²) >= 11 is 0. The number of halogens is 3. The second kappa shape index (κ2) is 15.7. The van der Waals surface area contributed by atoms with E-state index in [1.807, 2.05) is 0 Å². The second-order valence-corrected chi connectivity index (χ2v) is 16.3. The normalized spacial score (nSPS) is 21.4. The fraction of sp³-hybridized carbons (Fsp3) is 0.588. The lowest BCUT2D eigenvalue weighted by Crippen LogP contribution is -2.63. The molecule has 2 aromatic rings. The van der Waals surface area contributed by atoms with Crippen molar-refractivity contribution in [2.45, 2.75) is 105 Å². The van der Waals surface area contributed by atoms with Crippen molar-refractivity contribution in [1.29, 1.82) is 0 Å². The van der Waals surface area contributed by atoms with Crippen molar-refractivity contribution in [1.82, 2.24) is 25.2 Å². The Balaban J connectivity index is 1.53. The zero-order chi connectivity index (χ0) is 39.6. The van der Waals surface area contributed by atoms with Crippen LogP contribution in [0.1, 0.15) is 93.7 Å². The van der Waals surface area contributed by atoms with E-state index in [9.17, 15) is 50.7 Å². The number of aromatic nitrogens is 3. The summed E-state index contributed by atoms with van der Waals surface area (Å²) in [6.45, 7) is 2.88. The number of aliphatic hydroxyl groups is 1. The lowest BCUT2D eigenvalue weighted by atomic mass is 9.84. The Morgan fingerprint density at radius 2 is 1.69 bits per heavy atom. The Bertz CT molecular complexity index is 1910. The molecule has 1 aromatic carbocycles. The van der Waals surface area contributed by atoms with Crippen molar-refractivity contribution in [3.8, 4) is 0 Å². The first kappa shape index (κ1) is 40.6.